The van der Waals surface area contributed by atoms with Crippen molar-refractivity contribution in [3.63, 3.8) is 0 Å². The van der Waals surface area contributed by atoms with Gasteiger partial charge in [0.2, 0.25) is 0 Å². The molecule has 0 saturated carbocycles. The van der Waals surface area contributed by atoms with E-state index in [1.54, 1.807) is 6.92 Å². The zero-order chi connectivity index (χ0) is 14.1. The van der Waals surface area contributed by atoms with Crippen LogP contribution in [0.25, 0.3) is 0 Å². The number of hydrogen-bond acceptors (Lipinski definition) is 6. The van der Waals surface area contributed by atoms with E-state index in [1.807, 2.05) is 25.8 Å². The lowest BCUT2D eigenvalue weighted by Gasteiger charge is -2.19. The number of hydrogen-bond donors (Lipinski definition) is 1. The Morgan fingerprint density at radius 2 is 1.78 bits per heavy atom. The summed E-state index contributed by atoms with van der Waals surface area (Å²) in [7, 11) is 1.82. The average molecular weight is 260 g/mol. The van der Waals surface area contributed by atoms with Crippen molar-refractivity contribution < 1.29 is 19.1 Å². The van der Waals surface area contributed by atoms with Gasteiger partial charge in [0.25, 0.3) is 0 Å². The molecular weight excluding hydrogens is 236 g/mol. The van der Waals surface area contributed by atoms with Crippen LogP contribution >= 0.6 is 0 Å². The molecule has 0 bridgehead atoms. The molecule has 0 heterocycles. The van der Waals surface area contributed by atoms with E-state index < -0.39 is 5.97 Å². The standard InChI is InChI=1S/C12H24N2O4/c1-9(2)17-12(16)8-14(4)6-5-10(3)18-11(15)7-13/h9-10H,5-8,13H2,1-4H3. The third-order valence-electron chi connectivity index (χ3n) is 2.18. The van der Waals surface area contributed by atoms with Gasteiger partial charge in [-0.3, -0.25) is 14.5 Å². The summed E-state index contributed by atoms with van der Waals surface area (Å²) < 4.78 is 10.0. The van der Waals surface area contributed by atoms with Crippen molar-refractivity contribution >= 4 is 11.9 Å². The maximum Gasteiger partial charge on any atom is 0.320 e. The molecule has 0 saturated heterocycles. The fraction of sp³-hybridized carbons (Fsp3) is 0.833. The molecule has 6 heteroatoms. The molecule has 1 unspecified atom stereocenters. The topological polar surface area (TPSA) is 81.9 Å². The minimum absolute atomic E-state index is 0.102. The Labute approximate surface area is 108 Å². The predicted octanol–water partition coefficient (Wildman–Crippen LogP) is 0.150. The molecule has 0 aliphatic heterocycles. The van der Waals surface area contributed by atoms with Gasteiger partial charge >= 0.3 is 11.9 Å². The minimum Gasteiger partial charge on any atom is -0.462 e. The zero-order valence-corrected chi connectivity index (χ0v) is 11.6. The third-order valence-corrected chi connectivity index (χ3v) is 2.18. The number of esters is 2. The van der Waals surface area contributed by atoms with Crippen LogP contribution in [0.5, 0.6) is 0 Å². The van der Waals surface area contributed by atoms with E-state index in [4.69, 9.17) is 15.2 Å². The van der Waals surface area contributed by atoms with Gasteiger partial charge in [0.1, 0.15) is 6.10 Å². The summed E-state index contributed by atoms with van der Waals surface area (Å²) in [4.78, 5) is 24.1. The highest BCUT2D eigenvalue weighted by Crippen LogP contribution is 2.00. The summed E-state index contributed by atoms with van der Waals surface area (Å²) in [6, 6.07) is 0. The van der Waals surface area contributed by atoms with Gasteiger partial charge in [0, 0.05) is 6.54 Å². The summed E-state index contributed by atoms with van der Waals surface area (Å²) >= 11 is 0. The highest BCUT2D eigenvalue weighted by molar-refractivity contribution is 5.72. The fourth-order valence-corrected chi connectivity index (χ4v) is 1.33. The molecule has 0 amide bonds. The van der Waals surface area contributed by atoms with Crippen LogP contribution in [0.1, 0.15) is 27.2 Å². The van der Waals surface area contributed by atoms with Gasteiger partial charge in [0.15, 0.2) is 0 Å². The van der Waals surface area contributed by atoms with Gasteiger partial charge in [-0.1, -0.05) is 0 Å². The van der Waals surface area contributed by atoms with Crippen LogP contribution in [0.2, 0.25) is 0 Å². The first kappa shape index (κ1) is 16.9. The molecule has 0 rings (SSSR count). The fourth-order valence-electron chi connectivity index (χ4n) is 1.33. The molecule has 2 N–H and O–H groups in total. The first-order valence-corrected chi connectivity index (χ1v) is 6.12. The Balaban J connectivity index is 3.78. The first-order valence-electron chi connectivity index (χ1n) is 6.12. The minimum atomic E-state index is -0.413. The summed E-state index contributed by atoms with van der Waals surface area (Å²) in [6.45, 7) is 6.19. The van der Waals surface area contributed by atoms with Gasteiger partial charge in [0.05, 0.1) is 19.2 Å². The van der Waals surface area contributed by atoms with Crippen molar-refractivity contribution in [1.82, 2.24) is 4.90 Å². The number of ether oxygens (including phenoxy) is 2. The zero-order valence-electron chi connectivity index (χ0n) is 11.6. The maximum absolute atomic E-state index is 11.4. The Morgan fingerprint density at radius 3 is 2.28 bits per heavy atom. The number of nitrogens with two attached hydrogens (primary N) is 1. The van der Waals surface area contributed by atoms with E-state index in [9.17, 15) is 9.59 Å². The third kappa shape index (κ3) is 8.95. The number of nitrogens with zero attached hydrogens (tertiary/aromatic N) is 1. The van der Waals surface area contributed by atoms with E-state index in [1.165, 1.54) is 0 Å². The SMILES string of the molecule is CC(C)OC(=O)CN(C)CCC(C)OC(=O)CN. The van der Waals surface area contributed by atoms with E-state index in [0.717, 1.165) is 0 Å². The molecule has 106 valence electrons. The molecule has 0 aromatic carbocycles. The van der Waals surface area contributed by atoms with Crippen molar-refractivity contribution in [2.24, 2.45) is 5.73 Å². The average Bonchev–Trinajstić information content (AvgIpc) is 2.24. The van der Waals surface area contributed by atoms with Crippen molar-refractivity contribution in [2.75, 3.05) is 26.7 Å². The quantitative estimate of drug-likeness (QED) is 0.626. The molecule has 0 aromatic rings. The van der Waals surface area contributed by atoms with E-state index >= 15 is 0 Å². The second-order valence-electron chi connectivity index (χ2n) is 4.57. The number of rotatable bonds is 8. The van der Waals surface area contributed by atoms with Crippen LogP contribution in [0.4, 0.5) is 0 Å². The highest BCUT2D eigenvalue weighted by atomic mass is 16.5. The monoisotopic (exact) mass is 260 g/mol. The highest BCUT2D eigenvalue weighted by Gasteiger charge is 2.12. The van der Waals surface area contributed by atoms with Crippen molar-refractivity contribution in [2.45, 2.75) is 39.4 Å². The molecule has 0 spiro atoms. The van der Waals surface area contributed by atoms with Crippen LogP contribution in [0.15, 0.2) is 0 Å². The van der Waals surface area contributed by atoms with Gasteiger partial charge in [-0.25, -0.2) is 0 Å². The molecule has 0 aliphatic carbocycles. The number of carbonyl (C=O) groups is 2. The van der Waals surface area contributed by atoms with Crippen molar-refractivity contribution in [3.05, 3.63) is 0 Å². The van der Waals surface area contributed by atoms with Gasteiger partial charge in [-0.2, -0.15) is 0 Å². The second-order valence-corrected chi connectivity index (χ2v) is 4.57. The maximum atomic E-state index is 11.4. The Morgan fingerprint density at radius 1 is 1.17 bits per heavy atom. The van der Waals surface area contributed by atoms with Crippen LogP contribution < -0.4 is 5.73 Å². The van der Waals surface area contributed by atoms with Crippen LogP contribution in [-0.2, 0) is 19.1 Å². The summed E-state index contributed by atoms with van der Waals surface area (Å²) in [5, 5.41) is 0. The molecule has 0 radical (unpaired) electrons. The molecule has 18 heavy (non-hydrogen) atoms. The normalized spacial score (nSPS) is 12.6. The van der Waals surface area contributed by atoms with Gasteiger partial charge < -0.3 is 15.2 Å². The lowest BCUT2D eigenvalue weighted by atomic mass is 10.2. The molecule has 0 aromatic heterocycles. The predicted molar refractivity (Wildman–Crippen MR) is 68.0 cm³/mol. The number of likely N-dealkylation sites (N-methyl/N-ethyl adjacent to an activating group) is 1. The van der Waals surface area contributed by atoms with E-state index in [2.05, 4.69) is 0 Å². The Hall–Kier alpha value is -1.14. The van der Waals surface area contributed by atoms with Crippen molar-refractivity contribution in [1.29, 1.82) is 0 Å². The molecular formula is C12H24N2O4. The van der Waals surface area contributed by atoms with E-state index in [-0.39, 0.29) is 31.3 Å². The molecule has 1 atom stereocenters. The van der Waals surface area contributed by atoms with Crippen LogP contribution in [-0.4, -0.2) is 55.7 Å². The second kappa shape index (κ2) is 8.88. The largest absolute Gasteiger partial charge is 0.462 e. The molecule has 0 fully saturated rings. The Kier molecular flexibility index (Phi) is 8.32. The summed E-state index contributed by atoms with van der Waals surface area (Å²) in [5.41, 5.74) is 5.14. The molecule has 6 nitrogen and oxygen atoms in total. The molecule has 0 aliphatic rings. The lowest BCUT2D eigenvalue weighted by Crippen LogP contribution is -2.32. The van der Waals surface area contributed by atoms with Crippen LogP contribution in [0, 0.1) is 0 Å². The Bertz CT molecular complexity index is 269. The van der Waals surface area contributed by atoms with Crippen molar-refractivity contribution in [3.8, 4) is 0 Å². The van der Waals surface area contributed by atoms with Crippen LogP contribution in [0.3, 0.4) is 0 Å². The van der Waals surface area contributed by atoms with Gasteiger partial charge in [-0.05, 0) is 34.2 Å². The lowest BCUT2D eigenvalue weighted by molar-refractivity contribution is -0.150. The smallest absolute Gasteiger partial charge is 0.320 e. The van der Waals surface area contributed by atoms with E-state index in [0.29, 0.717) is 13.0 Å². The van der Waals surface area contributed by atoms with Gasteiger partial charge in [-0.15, -0.1) is 0 Å². The first-order chi connectivity index (χ1) is 8.35. The summed E-state index contributed by atoms with van der Waals surface area (Å²) in [6.07, 6.45) is 0.344. The summed E-state index contributed by atoms with van der Waals surface area (Å²) in [5.74, 6) is -0.663. The number of carbonyl (C=O) groups excluding carboxylic acids is 2.